The van der Waals surface area contributed by atoms with Crippen molar-refractivity contribution in [2.24, 2.45) is 0 Å². The van der Waals surface area contributed by atoms with E-state index < -0.39 is 5.60 Å². The smallest absolute Gasteiger partial charge is 0.410 e. The molecule has 0 aliphatic carbocycles. The summed E-state index contributed by atoms with van der Waals surface area (Å²) in [5.41, 5.74) is -0.0644. The van der Waals surface area contributed by atoms with Gasteiger partial charge in [0.1, 0.15) is 11.3 Å². The van der Waals surface area contributed by atoms with Gasteiger partial charge in [0, 0.05) is 38.2 Å². The summed E-state index contributed by atoms with van der Waals surface area (Å²) in [6.45, 7) is 5.92. The predicted octanol–water partition coefficient (Wildman–Crippen LogP) is 3.35. The Morgan fingerprint density at radius 1 is 1.40 bits per heavy atom. The number of halogens is 1. The van der Waals surface area contributed by atoms with Crippen LogP contribution in [0.15, 0.2) is 18.3 Å². The van der Waals surface area contributed by atoms with Crippen LogP contribution < -0.4 is 0 Å². The largest absolute Gasteiger partial charge is 0.441 e. The number of hydrogen-bond acceptors (Lipinski definition) is 4. The van der Waals surface area contributed by atoms with Crippen LogP contribution in [0.3, 0.4) is 0 Å². The highest BCUT2D eigenvalue weighted by Crippen LogP contribution is 2.35. The molecular weight excluding hydrogens is 342 g/mol. The number of ether oxygens (including phenoxy) is 1. The Morgan fingerprint density at radius 3 is 2.72 bits per heavy atom. The molecular formula is C18H24ClN3O3. The fourth-order valence-electron chi connectivity index (χ4n) is 3.60. The Hall–Kier alpha value is -1.82. The van der Waals surface area contributed by atoms with Crippen LogP contribution in [0.25, 0.3) is 0 Å². The first-order chi connectivity index (χ1) is 11.9. The van der Waals surface area contributed by atoms with Crippen molar-refractivity contribution in [3.63, 3.8) is 0 Å². The summed E-state index contributed by atoms with van der Waals surface area (Å²) >= 11 is 5.82. The van der Waals surface area contributed by atoms with Crippen molar-refractivity contribution in [2.45, 2.75) is 51.2 Å². The van der Waals surface area contributed by atoms with Crippen LogP contribution in [-0.2, 0) is 4.74 Å². The molecule has 0 radical (unpaired) electrons. The maximum atomic E-state index is 12.5. The number of nitrogens with zero attached hydrogens (tertiary/aromatic N) is 3. The predicted molar refractivity (Wildman–Crippen MR) is 94.7 cm³/mol. The third-order valence-corrected chi connectivity index (χ3v) is 5.37. The molecule has 0 aromatic carbocycles. The lowest BCUT2D eigenvalue weighted by atomic mass is 9.90. The van der Waals surface area contributed by atoms with E-state index in [1.54, 1.807) is 17.0 Å². The first-order valence-electron chi connectivity index (χ1n) is 8.84. The van der Waals surface area contributed by atoms with Crippen molar-refractivity contribution in [2.75, 3.05) is 19.6 Å². The Balaban J connectivity index is 1.61. The van der Waals surface area contributed by atoms with E-state index in [4.69, 9.17) is 16.3 Å². The first kappa shape index (κ1) is 18.0. The molecule has 3 heterocycles. The number of piperidine rings is 1. The van der Waals surface area contributed by atoms with Crippen LogP contribution in [0.1, 0.15) is 50.0 Å². The molecule has 2 saturated heterocycles. The Kier molecular flexibility index (Phi) is 5.18. The number of hydrogen-bond donors (Lipinski definition) is 0. The molecule has 6 nitrogen and oxygen atoms in total. The van der Waals surface area contributed by atoms with E-state index in [-0.39, 0.29) is 18.0 Å². The van der Waals surface area contributed by atoms with Gasteiger partial charge in [0.05, 0.1) is 11.6 Å². The van der Waals surface area contributed by atoms with Crippen LogP contribution in [-0.4, -0.2) is 58.1 Å². The molecule has 25 heavy (non-hydrogen) atoms. The summed E-state index contributed by atoms with van der Waals surface area (Å²) in [5, 5.41) is 0.508. The number of carbonyl (C=O) groups excluding carboxylic acids is 2. The molecule has 3 rings (SSSR count). The lowest BCUT2D eigenvalue weighted by molar-refractivity contribution is 0.00290. The van der Waals surface area contributed by atoms with Crippen LogP contribution in [0.5, 0.6) is 0 Å². The van der Waals surface area contributed by atoms with Crippen molar-refractivity contribution in [1.82, 2.24) is 14.8 Å². The van der Waals surface area contributed by atoms with Crippen LogP contribution >= 0.6 is 11.6 Å². The van der Waals surface area contributed by atoms with Crippen molar-refractivity contribution in [3.05, 3.63) is 29.0 Å². The van der Waals surface area contributed by atoms with Gasteiger partial charge in [-0.1, -0.05) is 24.9 Å². The van der Waals surface area contributed by atoms with Gasteiger partial charge in [-0.05, 0) is 25.5 Å². The number of carbonyl (C=O) groups is 2. The summed E-state index contributed by atoms with van der Waals surface area (Å²) in [6, 6.07) is 3.49. The Labute approximate surface area is 153 Å². The number of rotatable bonds is 4. The van der Waals surface area contributed by atoms with Gasteiger partial charge in [0.25, 0.3) is 5.91 Å². The fraction of sp³-hybridized carbons (Fsp3) is 0.611. The molecule has 0 N–H and O–H groups in total. The maximum absolute atomic E-state index is 12.5. The maximum Gasteiger partial charge on any atom is 0.410 e. The minimum absolute atomic E-state index is 0.105. The van der Waals surface area contributed by atoms with Crippen molar-refractivity contribution >= 4 is 23.6 Å². The lowest BCUT2D eigenvalue weighted by Gasteiger charge is -2.37. The van der Waals surface area contributed by atoms with Crippen molar-refractivity contribution in [1.29, 1.82) is 0 Å². The van der Waals surface area contributed by atoms with E-state index in [1.165, 1.54) is 6.20 Å². The third kappa shape index (κ3) is 3.73. The van der Waals surface area contributed by atoms with Gasteiger partial charge in [-0.25, -0.2) is 9.78 Å². The molecule has 136 valence electrons. The molecule has 1 atom stereocenters. The van der Waals surface area contributed by atoms with Gasteiger partial charge in [0.2, 0.25) is 0 Å². The highest BCUT2D eigenvalue weighted by Gasteiger charge is 2.48. The van der Waals surface area contributed by atoms with Gasteiger partial charge in [-0.3, -0.25) is 4.79 Å². The van der Waals surface area contributed by atoms with Gasteiger partial charge in [0.15, 0.2) is 0 Å². The monoisotopic (exact) mass is 365 g/mol. The third-order valence-electron chi connectivity index (χ3n) is 5.14. The second-order valence-electron chi connectivity index (χ2n) is 6.97. The molecule has 1 aromatic heterocycles. The van der Waals surface area contributed by atoms with Crippen molar-refractivity contribution < 1.29 is 14.3 Å². The first-order valence-corrected chi connectivity index (χ1v) is 9.22. The molecule has 1 unspecified atom stereocenters. The Bertz CT molecular complexity index is 641. The van der Waals surface area contributed by atoms with E-state index in [1.807, 2.05) is 4.90 Å². The van der Waals surface area contributed by atoms with Crippen LogP contribution in [0, 0.1) is 0 Å². The van der Waals surface area contributed by atoms with E-state index in [9.17, 15) is 9.59 Å². The van der Waals surface area contributed by atoms with E-state index in [0.717, 1.165) is 12.8 Å². The van der Waals surface area contributed by atoms with E-state index >= 15 is 0 Å². The second kappa shape index (κ2) is 7.20. The van der Waals surface area contributed by atoms with Gasteiger partial charge >= 0.3 is 6.09 Å². The van der Waals surface area contributed by atoms with Crippen molar-refractivity contribution in [3.8, 4) is 0 Å². The van der Waals surface area contributed by atoms with Gasteiger partial charge < -0.3 is 14.5 Å². The van der Waals surface area contributed by atoms with E-state index in [0.29, 0.717) is 43.2 Å². The summed E-state index contributed by atoms with van der Waals surface area (Å²) < 4.78 is 5.74. The van der Waals surface area contributed by atoms with E-state index in [2.05, 4.69) is 18.8 Å². The molecule has 2 aliphatic rings. The minimum Gasteiger partial charge on any atom is -0.441 e. The molecule has 2 aliphatic heterocycles. The lowest BCUT2D eigenvalue weighted by Crippen LogP contribution is -2.49. The molecule has 0 bridgehead atoms. The molecule has 1 aromatic rings. The highest BCUT2D eigenvalue weighted by molar-refractivity contribution is 6.30. The Morgan fingerprint density at radius 2 is 2.12 bits per heavy atom. The molecule has 1 spiro atoms. The zero-order chi connectivity index (χ0) is 18.0. The van der Waals surface area contributed by atoms with Crippen LogP contribution in [0.4, 0.5) is 4.79 Å². The highest BCUT2D eigenvalue weighted by atomic mass is 35.5. The SMILES string of the molecule is CCCC(C)N1CC2(CCN(C(=O)c3ccc(Cl)cn3)CC2)OC1=O. The average molecular weight is 366 g/mol. The molecule has 7 heteroatoms. The summed E-state index contributed by atoms with van der Waals surface area (Å²) in [4.78, 5) is 32.5. The quantitative estimate of drug-likeness (QED) is 0.820. The van der Waals surface area contributed by atoms with Gasteiger partial charge in [-0.2, -0.15) is 0 Å². The molecule has 2 fully saturated rings. The normalized spacial score (nSPS) is 20.7. The average Bonchev–Trinajstić information content (AvgIpc) is 2.92. The number of aromatic nitrogens is 1. The second-order valence-corrected chi connectivity index (χ2v) is 7.41. The topological polar surface area (TPSA) is 62.7 Å². The fourth-order valence-corrected chi connectivity index (χ4v) is 3.71. The number of amides is 2. The van der Waals surface area contributed by atoms with Gasteiger partial charge in [-0.15, -0.1) is 0 Å². The molecule has 2 amide bonds. The minimum atomic E-state index is -0.455. The van der Waals surface area contributed by atoms with Crippen LogP contribution in [0.2, 0.25) is 5.02 Å². The zero-order valence-corrected chi connectivity index (χ0v) is 15.5. The molecule has 0 saturated carbocycles. The summed E-state index contributed by atoms with van der Waals surface area (Å²) in [6.07, 6.45) is 4.58. The number of pyridine rings is 1. The summed E-state index contributed by atoms with van der Waals surface area (Å²) in [5.74, 6) is -0.105. The standard InChI is InChI=1S/C18H24ClN3O3/c1-3-4-13(2)22-12-18(25-17(22)24)7-9-21(10-8-18)16(23)15-6-5-14(19)11-20-15/h5-6,11,13H,3-4,7-10,12H2,1-2H3. The summed E-state index contributed by atoms with van der Waals surface area (Å²) in [7, 11) is 0. The number of likely N-dealkylation sites (tertiary alicyclic amines) is 1. The zero-order valence-electron chi connectivity index (χ0n) is 14.7.